The molecule has 4 heteroatoms. The van der Waals surface area contributed by atoms with Gasteiger partial charge in [-0.05, 0) is 24.3 Å². The monoisotopic (exact) mass is 351 g/mol. The highest BCUT2D eigenvalue weighted by Crippen LogP contribution is 2.08. The second-order valence-corrected chi connectivity index (χ2v) is 6.52. The molecule has 0 radical (unpaired) electrons. The molecule has 4 nitrogen and oxygen atoms in total. The molecule has 1 unspecified atom stereocenters. The van der Waals surface area contributed by atoms with E-state index in [1.807, 2.05) is 72.4 Å². The summed E-state index contributed by atoms with van der Waals surface area (Å²) in [5.74, 6) is 0.293. The van der Waals surface area contributed by atoms with Crippen LogP contribution in [0.4, 0.5) is 0 Å². The van der Waals surface area contributed by atoms with E-state index in [1.54, 1.807) is 0 Å². The minimum atomic E-state index is -0.0729. The molecule has 0 fully saturated rings. The number of benzene rings is 1. The number of aryl methyl sites for hydroxylation is 1. The average molecular weight is 351 g/mol. The molecule has 1 aromatic heterocycles. The van der Waals surface area contributed by atoms with Gasteiger partial charge in [-0.25, -0.2) is 0 Å². The summed E-state index contributed by atoms with van der Waals surface area (Å²) in [6, 6.07) is 14.1. The van der Waals surface area contributed by atoms with Crippen LogP contribution in [0.2, 0.25) is 0 Å². The van der Waals surface area contributed by atoms with E-state index in [9.17, 15) is 9.59 Å². The van der Waals surface area contributed by atoms with E-state index in [2.05, 4.69) is 11.9 Å². The fourth-order valence-electron chi connectivity index (χ4n) is 2.54. The van der Waals surface area contributed by atoms with Gasteiger partial charge in [-0.3, -0.25) is 9.59 Å². The number of allylic oxidation sites excluding steroid dienone is 1. The van der Waals surface area contributed by atoms with Crippen molar-refractivity contribution in [2.45, 2.75) is 32.6 Å². The molecular weight excluding hydrogens is 324 g/mol. The fraction of sp³-hybridized carbons (Fsp3) is 0.318. The van der Waals surface area contributed by atoms with Crippen molar-refractivity contribution in [1.82, 2.24) is 5.32 Å². The molecule has 0 bridgehead atoms. The molecular formula is C22H27N2O2+. The van der Waals surface area contributed by atoms with Crippen molar-refractivity contribution in [2.75, 3.05) is 6.54 Å². The van der Waals surface area contributed by atoms with E-state index < -0.39 is 0 Å². The number of aromatic nitrogens is 1. The Labute approximate surface area is 155 Å². The quantitative estimate of drug-likeness (QED) is 0.528. The first kappa shape index (κ1) is 19.6. The molecule has 1 N–H and O–H groups in total. The summed E-state index contributed by atoms with van der Waals surface area (Å²) >= 11 is 0. The Morgan fingerprint density at radius 2 is 1.81 bits per heavy atom. The summed E-state index contributed by atoms with van der Waals surface area (Å²) in [6.45, 7) is 5.83. The molecule has 0 spiro atoms. The highest BCUT2D eigenvalue weighted by molar-refractivity contribution is 5.86. The molecule has 2 aromatic rings. The topological polar surface area (TPSA) is 50.1 Å². The Morgan fingerprint density at radius 3 is 2.46 bits per heavy atom. The number of rotatable bonds is 10. The van der Waals surface area contributed by atoms with Crippen molar-refractivity contribution >= 4 is 11.7 Å². The van der Waals surface area contributed by atoms with Crippen LogP contribution in [0.3, 0.4) is 0 Å². The fourth-order valence-corrected chi connectivity index (χ4v) is 2.54. The first-order valence-electron chi connectivity index (χ1n) is 9.05. The molecule has 26 heavy (non-hydrogen) atoms. The van der Waals surface area contributed by atoms with Gasteiger partial charge >= 0.3 is 0 Å². The predicted molar refractivity (Wildman–Crippen MR) is 103 cm³/mol. The van der Waals surface area contributed by atoms with Gasteiger partial charge in [-0.1, -0.05) is 31.2 Å². The van der Waals surface area contributed by atoms with Crippen LogP contribution in [0.5, 0.6) is 0 Å². The SMILES string of the molecule is C=CC(C)CCC(=O)NCC(=O)CCc1ccc(-[n+]2ccccc2)cc1. The molecule has 0 aliphatic rings. The second-order valence-electron chi connectivity index (χ2n) is 6.52. The summed E-state index contributed by atoms with van der Waals surface area (Å²) in [6.07, 6.45) is 8.13. The lowest BCUT2D eigenvalue weighted by Gasteiger charge is -2.07. The number of carbonyl (C=O) groups excluding carboxylic acids is 2. The van der Waals surface area contributed by atoms with Crippen molar-refractivity contribution < 1.29 is 14.2 Å². The van der Waals surface area contributed by atoms with E-state index in [4.69, 9.17) is 0 Å². The predicted octanol–water partition coefficient (Wildman–Crippen LogP) is 3.18. The number of nitrogens with one attached hydrogen (secondary N) is 1. The maximum atomic E-state index is 12.0. The number of pyridine rings is 1. The van der Waals surface area contributed by atoms with Crippen molar-refractivity contribution in [2.24, 2.45) is 5.92 Å². The Hall–Kier alpha value is -2.75. The summed E-state index contributed by atoms with van der Waals surface area (Å²) in [5, 5.41) is 2.70. The summed E-state index contributed by atoms with van der Waals surface area (Å²) in [5.41, 5.74) is 2.20. The number of Topliss-reactive ketones (excluding diaryl/α,β-unsaturated/α-hetero) is 1. The second kappa shape index (κ2) is 10.3. The minimum Gasteiger partial charge on any atom is -0.349 e. The molecule has 0 saturated carbocycles. The van der Waals surface area contributed by atoms with Crippen LogP contribution in [-0.2, 0) is 16.0 Å². The smallest absolute Gasteiger partial charge is 0.220 e. The highest BCUT2D eigenvalue weighted by Gasteiger charge is 2.08. The number of nitrogens with zero attached hydrogens (tertiary/aromatic N) is 1. The van der Waals surface area contributed by atoms with Gasteiger partial charge in [0, 0.05) is 37.1 Å². The van der Waals surface area contributed by atoms with Gasteiger partial charge in [0.2, 0.25) is 11.6 Å². The summed E-state index contributed by atoms with van der Waals surface area (Å²) < 4.78 is 2.04. The van der Waals surface area contributed by atoms with E-state index >= 15 is 0 Å². The Morgan fingerprint density at radius 1 is 1.12 bits per heavy atom. The molecule has 0 aliphatic heterocycles. The first-order valence-corrected chi connectivity index (χ1v) is 9.05. The normalized spacial score (nSPS) is 11.6. The van der Waals surface area contributed by atoms with Crippen LogP contribution in [0.25, 0.3) is 5.69 Å². The average Bonchev–Trinajstić information content (AvgIpc) is 2.69. The highest BCUT2D eigenvalue weighted by atomic mass is 16.2. The van der Waals surface area contributed by atoms with Crippen LogP contribution in [-0.4, -0.2) is 18.2 Å². The van der Waals surface area contributed by atoms with Crippen LogP contribution < -0.4 is 9.88 Å². The van der Waals surface area contributed by atoms with Crippen molar-refractivity contribution in [3.8, 4) is 5.69 Å². The van der Waals surface area contributed by atoms with E-state index in [0.717, 1.165) is 17.7 Å². The number of ketones is 1. The minimum absolute atomic E-state index is 0.0524. The van der Waals surface area contributed by atoms with E-state index in [-0.39, 0.29) is 18.2 Å². The zero-order chi connectivity index (χ0) is 18.8. The first-order chi connectivity index (χ1) is 12.6. The maximum Gasteiger partial charge on any atom is 0.220 e. The number of amides is 1. The van der Waals surface area contributed by atoms with Crippen molar-refractivity contribution in [1.29, 1.82) is 0 Å². The van der Waals surface area contributed by atoms with Gasteiger partial charge in [-0.15, -0.1) is 6.58 Å². The van der Waals surface area contributed by atoms with E-state index in [0.29, 0.717) is 25.2 Å². The molecule has 136 valence electrons. The Bertz CT molecular complexity index is 724. The lowest BCUT2D eigenvalue weighted by molar-refractivity contribution is -0.595. The van der Waals surface area contributed by atoms with Gasteiger partial charge in [0.1, 0.15) is 0 Å². The van der Waals surface area contributed by atoms with Gasteiger partial charge < -0.3 is 5.32 Å². The summed E-state index contributed by atoms with van der Waals surface area (Å²) in [4.78, 5) is 23.7. The van der Waals surface area contributed by atoms with Gasteiger partial charge in [0.05, 0.1) is 6.54 Å². The third-order valence-corrected chi connectivity index (χ3v) is 4.35. The largest absolute Gasteiger partial charge is 0.349 e. The Kier molecular flexibility index (Phi) is 7.75. The molecule has 0 saturated heterocycles. The zero-order valence-corrected chi connectivity index (χ0v) is 15.4. The van der Waals surface area contributed by atoms with Crippen molar-refractivity contribution in [3.63, 3.8) is 0 Å². The van der Waals surface area contributed by atoms with Crippen LogP contribution in [0, 0.1) is 5.92 Å². The molecule has 1 atom stereocenters. The standard InChI is InChI=1S/C22H26N2O2/c1-3-18(2)7-14-22(26)23-17-21(25)13-10-19-8-11-20(12-9-19)24-15-5-4-6-16-24/h3-6,8-9,11-12,15-16,18H,1,7,10,13-14,17H2,2H3/p+1. The molecule has 1 amide bonds. The lowest BCUT2D eigenvalue weighted by atomic mass is 10.1. The Balaban J connectivity index is 1.72. The molecule has 1 heterocycles. The third kappa shape index (κ3) is 6.63. The third-order valence-electron chi connectivity index (χ3n) is 4.35. The number of carbonyl (C=O) groups is 2. The maximum absolute atomic E-state index is 12.0. The molecule has 2 rings (SSSR count). The lowest BCUT2D eigenvalue weighted by Crippen LogP contribution is -2.29. The van der Waals surface area contributed by atoms with Gasteiger partial charge in [0.15, 0.2) is 18.2 Å². The van der Waals surface area contributed by atoms with Gasteiger partial charge in [0.25, 0.3) is 0 Å². The molecule has 0 aliphatic carbocycles. The van der Waals surface area contributed by atoms with Crippen LogP contribution >= 0.6 is 0 Å². The van der Waals surface area contributed by atoms with Crippen molar-refractivity contribution in [3.05, 3.63) is 73.1 Å². The van der Waals surface area contributed by atoms with E-state index in [1.165, 1.54) is 0 Å². The van der Waals surface area contributed by atoms with Gasteiger partial charge in [-0.2, -0.15) is 4.57 Å². The van der Waals surface area contributed by atoms with Crippen LogP contribution in [0.1, 0.15) is 31.7 Å². The number of hydrogen-bond donors (Lipinski definition) is 1. The summed E-state index contributed by atoms with van der Waals surface area (Å²) in [7, 11) is 0. The number of hydrogen-bond acceptors (Lipinski definition) is 2. The molecule has 1 aromatic carbocycles. The zero-order valence-electron chi connectivity index (χ0n) is 15.4. The van der Waals surface area contributed by atoms with Crippen LogP contribution in [0.15, 0.2) is 67.5 Å².